The zero-order chi connectivity index (χ0) is 25.7. The molecule has 1 aromatic carbocycles. The van der Waals surface area contributed by atoms with Gasteiger partial charge in [0.25, 0.3) is 11.5 Å². The summed E-state index contributed by atoms with van der Waals surface area (Å²) in [5.74, 6) is -0.495. The maximum atomic E-state index is 13.3. The molecule has 7 nitrogen and oxygen atoms in total. The third kappa shape index (κ3) is 4.88. The number of fused-ring (bicyclic) bond motifs is 1. The zero-order valence-corrected chi connectivity index (χ0v) is 20.6. The van der Waals surface area contributed by atoms with Crippen molar-refractivity contribution in [1.82, 2.24) is 19.8 Å². The van der Waals surface area contributed by atoms with Crippen LogP contribution in [-0.2, 0) is 30.5 Å². The number of H-pyrrole nitrogens is 1. The van der Waals surface area contributed by atoms with Gasteiger partial charge in [-0.1, -0.05) is 11.6 Å². The number of rotatable bonds is 4. The number of nitrogens with zero attached hydrogens (tertiary/aromatic N) is 2. The first kappa shape index (κ1) is 25.4. The van der Waals surface area contributed by atoms with Gasteiger partial charge >= 0.3 is 6.18 Å². The third-order valence-corrected chi connectivity index (χ3v) is 7.46. The van der Waals surface area contributed by atoms with Crippen LogP contribution < -0.4 is 10.9 Å². The number of hydrogen-bond donors (Lipinski definition) is 2. The van der Waals surface area contributed by atoms with E-state index in [0.29, 0.717) is 30.6 Å². The van der Waals surface area contributed by atoms with Gasteiger partial charge in [-0.3, -0.25) is 19.0 Å². The number of alkyl halides is 3. The average Bonchev–Trinajstić information content (AvgIpc) is 2.76. The van der Waals surface area contributed by atoms with Crippen LogP contribution in [0.4, 0.5) is 13.2 Å². The van der Waals surface area contributed by atoms with Gasteiger partial charge in [-0.05, 0) is 62.5 Å². The maximum Gasteiger partial charge on any atom is 0.417 e. The number of carbonyl (C=O) groups excluding carboxylic acids is 2. The van der Waals surface area contributed by atoms with E-state index in [9.17, 15) is 27.6 Å². The smallest absolute Gasteiger partial charge is 0.359 e. The highest BCUT2D eigenvalue weighted by Crippen LogP contribution is 2.36. The Morgan fingerprint density at radius 3 is 2.60 bits per heavy atom. The van der Waals surface area contributed by atoms with Crippen LogP contribution in [0.15, 0.2) is 23.0 Å². The molecule has 1 aromatic heterocycles. The molecular weight excluding hydrogens is 505 g/mol. The first-order chi connectivity index (χ1) is 16.4. The lowest BCUT2D eigenvalue weighted by Crippen LogP contribution is -2.46. The van der Waals surface area contributed by atoms with Crippen molar-refractivity contribution in [3.63, 3.8) is 0 Å². The number of halogens is 4. The molecule has 35 heavy (non-hydrogen) atoms. The lowest BCUT2D eigenvalue weighted by molar-refractivity contribution is -0.137. The Bertz CT molecular complexity index is 1300. The largest absolute Gasteiger partial charge is 0.417 e. The number of aromatic amines is 1. The molecule has 4 rings (SSSR count). The highest BCUT2D eigenvalue weighted by molar-refractivity contribution is 7.71. The molecule has 2 aromatic rings. The van der Waals surface area contributed by atoms with Crippen LogP contribution in [-0.4, -0.2) is 39.4 Å². The zero-order valence-electron chi connectivity index (χ0n) is 19.0. The average molecular weight is 529 g/mol. The monoisotopic (exact) mass is 528 g/mol. The fraction of sp³-hybridized carbons (Fsp3) is 0.478. The lowest BCUT2D eigenvalue weighted by atomic mass is 9.74. The second-order valence-electron chi connectivity index (χ2n) is 9.13. The van der Waals surface area contributed by atoms with E-state index < -0.39 is 28.7 Å². The molecule has 1 fully saturated rings. The second-order valence-corrected chi connectivity index (χ2v) is 9.92. The molecule has 1 atom stereocenters. The summed E-state index contributed by atoms with van der Waals surface area (Å²) in [4.78, 5) is 42.5. The van der Waals surface area contributed by atoms with E-state index in [4.69, 9.17) is 23.8 Å². The summed E-state index contributed by atoms with van der Waals surface area (Å²) in [7, 11) is 1.59. The molecule has 1 aliphatic heterocycles. The van der Waals surface area contributed by atoms with Gasteiger partial charge in [0, 0.05) is 42.4 Å². The van der Waals surface area contributed by atoms with E-state index in [1.807, 2.05) is 0 Å². The van der Waals surface area contributed by atoms with Crippen molar-refractivity contribution in [1.29, 1.82) is 0 Å². The normalized spacial score (nSPS) is 21.8. The van der Waals surface area contributed by atoms with E-state index in [-0.39, 0.29) is 46.6 Å². The maximum absolute atomic E-state index is 13.3. The molecule has 2 amide bonds. The summed E-state index contributed by atoms with van der Waals surface area (Å²) < 4.78 is 41.5. The molecule has 1 saturated carbocycles. The minimum absolute atomic E-state index is 0.00850. The first-order valence-electron chi connectivity index (χ1n) is 11.1. The molecule has 0 saturated heterocycles. The van der Waals surface area contributed by atoms with Crippen molar-refractivity contribution >= 4 is 35.6 Å². The number of carbonyl (C=O) groups is 2. The Balaban J connectivity index is 1.56. The predicted octanol–water partition coefficient (Wildman–Crippen LogP) is 3.94. The van der Waals surface area contributed by atoms with Gasteiger partial charge in [-0.2, -0.15) is 13.2 Å². The second kappa shape index (κ2) is 9.42. The van der Waals surface area contributed by atoms with Crippen LogP contribution in [0.5, 0.6) is 0 Å². The Morgan fingerprint density at radius 1 is 1.29 bits per heavy atom. The molecule has 12 heteroatoms. The molecule has 0 spiro atoms. The van der Waals surface area contributed by atoms with Gasteiger partial charge in [-0.15, -0.1) is 0 Å². The molecule has 0 radical (unpaired) electrons. The quantitative estimate of drug-likeness (QED) is 0.589. The van der Waals surface area contributed by atoms with E-state index in [1.165, 1.54) is 15.5 Å². The van der Waals surface area contributed by atoms with Crippen molar-refractivity contribution in [3.8, 4) is 0 Å². The summed E-state index contributed by atoms with van der Waals surface area (Å²) in [5.41, 5.74) is -0.474. The minimum atomic E-state index is -4.69. The van der Waals surface area contributed by atoms with Gasteiger partial charge in [0.1, 0.15) is 0 Å². The fourth-order valence-electron chi connectivity index (χ4n) is 4.77. The number of aromatic nitrogens is 2. The van der Waals surface area contributed by atoms with E-state index >= 15 is 0 Å². The van der Waals surface area contributed by atoms with Gasteiger partial charge in [0.05, 0.1) is 17.1 Å². The topological polar surface area (TPSA) is 87.2 Å². The van der Waals surface area contributed by atoms with Crippen molar-refractivity contribution in [2.75, 3.05) is 7.05 Å². The van der Waals surface area contributed by atoms with Gasteiger partial charge in [0.15, 0.2) is 4.77 Å². The third-order valence-electron chi connectivity index (χ3n) is 6.80. The lowest BCUT2D eigenvalue weighted by Gasteiger charge is -2.36. The Morgan fingerprint density at radius 2 is 1.97 bits per heavy atom. The van der Waals surface area contributed by atoms with E-state index in [1.54, 1.807) is 14.0 Å². The minimum Gasteiger partial charge on any atom is -0.359 e. The van der Waals surface area contributed by atoms with Crippen molar-refractivity contribution in [2.24, 2.45) is 11.8 Å². The number of hydrogen-bond acceptors (Lipinski definition) is 4. The standard InChI is InChI=1S/C23H24ClF3N4O3S/c1-11-5-15-18(10-30(11)20(33)13-3-4-17(24)16(8-13)23(25,26)27)29-22(35)31(21(15)34)9-12-6-14(7-12)19(32)28-2/h3-4,8,11-12,14H,5-7,9-10H2,1-2H3,(H,28,32)(H,29,35)/t11-,12?,14?/m1/s1. The van der Waals surface area contributed by atoms with E-state index in [0.717, 1.165) is 12.1 Å². The molecule has 2 N–H and O–H groups in total. The molecule has 2 heterocycles. The fourth-order valence-corrected chi connectivity index (χ4v) is 5.28. The van der Waals surface area contributed by atoms with Crippen LogP contribution in [0.25, 0.3) is 0 Å². The van der Waals surface area contributed by atoms with Crippen molar-refractivity contribution < 1.29 is 22.8 Å². The Labute approximate surface area is 209 Å². The Kier molecular flexibility index (Phi) is 6.85. The van der Waals surface area contributed by atoms with Crippen LogP contribution >= 0.6 is 23.8 Å². The van der Waals surface area contributed by atoms with Crippen LogP contribution in [0, 0.1) is 16.6 Å². The van der Waals surface area contributed by atoms with Crippen LogP contribution in [0.1, 0.15) is 46.9 Å². The summed E-state index contributed by atoms with van der Waals surface area (Å²) in [6.07, 6.45) is -3.10. The summed E-state index contributed by atoms with van der Waals surface area (Å²) in [5, 5.41) is 2.15. The summed E-state index contributed by atoms with van der Waals surface area (Å²) in [6.45, 7) is 2.16. The molecule has 0 bridgehead atoms. The summed E-state index contributed by atoms with van der Waals surface area (Å²) in [6, 6.07) is 2.64. The molecule has 188 valence electrons. The SMILES string of the molecule is CNC(=O)C1CC(Cn2c(=S)[nH]c3c(c2=O)C[C@@H](C)N(C(=O)c2ccc(Cl)c(C(F)(F)F)c2)C3)C1. The molecule has 2 aliphatic rings. The van der Waals surface area contributed by atoms with Gasteiger partial charge in [0.2, 0.25) is 5.91 Å². The highest BCUT2D eigenvalue weighted by Gasteiger charge is 2.37. The first-order valence-corrected chi connectivity index (χ1v) is 11.9. The van der Waals surface area contributed by atoms with Crippen molar-refractivity contribution in [3.05, 3.63) is 60.7 Å². The van der Waals surface area contributed by atoms with Gasteiger partial charge < -0.3 is 15.2 Å². The van der Waals surface area contributed by atoms with Crippen LogP contribution in [0.2, 0.25) is 5.02 Å². The predicted molar refractivity (Wildman–Crippen MR) is 126 cm³/mol. The number of amides is 2. The van der Waals surface area contributed by atoms with Crippen LogP contribution in [0.3, 0.4) is 0 Å². The Hall–Kier alpha value is -2.66. The van der Waals surface area contributed by atoms with Crippen molar-refractivity contribution in [2.45, 2.75) is 51.5 Å². The van der Waals surface area contributed by atoms with E-state index in [2.05, 4.69) is 10.3 Å². The highest BCUT2D eigenvalue weighted by atomic mass is 35.5. The summed E-state index contributed by atoms with van der Waals surface area (Å²) >= 11 is 11.1. The molecule has 1 aliphatic carbocycles. The molecule has 0 unspecified atom stereocenters. The number of benzene rings is 1. The van der Waals surface area contributed by atoms with Gasteiger partial charge in [-0.25, -0.2) is 0 Å². The number of nitrogens with one attached hydrogen (secondary N) is 2. The molecular formula is C23H24ClF3N4O3S.